The number of rotatable bonds is 11. The highest BCUT2D eigenvalue weighted by atomic mass is 35.5. The average molecular weight is 227 g/mol. The molecule has 0 bridgehead atoms. The molecule has 0 aromatic carbocycles. The summed E-state index contributed by atoms with van der Waals surface area (Å²) in [6.45, 7) is 3.34. The van der Waals surface area contributed by atoms with Gasteiger partial charge in [-0.2, -0.15) is 0 Å². The van der Waals surface area contributed by atoms with Crippen LogP contribution in [-0.2, 0) is 14.2 Å². The molecule has 0 saturated heterocycles. The predicted octanol–water partition coefficient (Wildman–Crippen LogP) is 0.657. The lowest BCUT2D eigenvalue weighted by atomic mass is 10.5. The summed E-state index contributed by atoms with van der Waals surface area (Å²) >= 11 is 5.46. The van der Waals surface area contributed by atoms with Gasteiger partial charge in [0.2, 0.25) is 0 Å². The maximum absolute atomic E-state index is 8.39. The van der Waals surface area contributed by atoms with Crippen molar-refractivity contribution in [2.75, 3.05) is 52.1 Å². The molecule has 0 fully saturated rings. The number of alkyl halides is 1. The summed E-state index contributed by atoms with van der Waals surface area (Å²) in [7, 11) is 0. The summed E-state index contributed by atoms with van der Waals surface area (Å²) in [6, 6.07) is 0. The first kappa shape index (κ1) is 14.1. The summed E-state index contributed by atoms with van der Waals surface area (Å²) < 4.78 is 15.4. The van der Waals surface area contributed by atoms with Gasteiger partial charge in [-0.25, -0.2) is 0 Å². The lowest BCUT2D eigenvalue weighted by Gasteiger charge is -2.05. The fourth-order valence-electron chi connectivity index (χ4n) is 0.763. The maximum atomic E-state index is 8.39. The summed E-state index contributed by atoms with van der Waals surface area (Å²) in [6.07, 6.45) is 0.876. The highest BCUT2D eigenvalue weighted by Gasteiger charge is 1.90. The Morgan fingerprint density at radius 2 is 1.29 bits per heavy atom. The Kier molecular flexibility index (Phi) is 13.3. The van der Waals surface area contributed by atoms with E-state index in [0.29, 0.717) is 45.5 Å². The van der Waals surface area contributed by atoms with E-state index in [4.69, 9.17) is 30.9 Å². The van der Waals surface area contributed by atoms with E-state index in [2.05, 4.69) is 0 Å². The first-order chi connectivity index (χ1) is 6.91. The van der Waals surface area contributed by atoms with Crippen molar-refractivity contribution in [2.24, 2.45) is 0 Å². The molecular weight excluding hydrogens is 208 g/mol. The quantitative estimate of drug-likeness (QED) is 0.415. The van der Waals surface area contributed by atoms with Crippen LogP contribution in [0.15, 0.2) is 0 Å². The molecular formula is C9H19ClO4. The Labute approximate surface area is 90.1 Å². The topological polar surface area (TPSA) is 47.9 Å². The number of ether oxygens (including phenoxy) is 3. The van der Waals surface area contributed by atoms with E-state index < -0.39 is 0 Å². The molecule has 1 N–H and O–H groups in total. The van der Waals surface area contributed by atoms with Crippen molar-refractivity contribution < 1.29 is 19.3 Å². The highest BCUT2D eigenvalue weighted by Crippen LogP contribution is 1.86. The molecule has 14 heavy (non-hydrogen) atoms. The maximum Gasteiger partial charge on any atom is 0.0701 e. The van der Waals surface area contributed by atoms with Crippen LogP contribution in [0.4, 0.5) is 0 Å². The first-order valence-corrected chi connectivity index (χ1v) is 5.35. The number of aliphatic hydroxyl groups is 1. The van der Waals surface area contributed by atoms with Gasteiger partial charge in [-0.05, 0) is 6.42 Å². The molecule has 0 aromatic rings. The number of hydrogen-bond acceptors (Lipinski definition) is 4. The minimum absolute atomic E-state index is 0.0571. The molecule has 0 aliphatic carbocycles. The summed E-state index contributed by atoms with van der Waals surface area (Å²) in [4.78, 5) is 0. The Morgan fingerprint density at radius 1 is 0.786 bits per heavy atom. The van der Waals surface area contributed by atoms with E-state index in [1.165, 1.54) is 0 Å². The van der Waals surface area contributed by atoms with E-state index in [1.807, 2.05) is 0 Å². The van der Waals surface area contributed by atoms with E-state index >= 15 is 0 Å². The molecule has 0 aliphatic heterocycles. The molecule has 0 saturated carbocycles. The number of hydrogen-bond donors (Lipinski definition) is 1. The van der Waals surface area contributed by atoms with Crippen molar-refractivity contribution in [1.29, 1.82) is 0 Å². The van der Waals surface area contributed by atoms with Crippen LogP contribution in [0.3, 0.4) is 0 Å². The van der Waals surface area contributed by atoms with Crippen LogP contribution >= 0.6 is 11.6 Å². The standard InChI is InChI=1S/C9H19ClO4/c10-2-1-4-12-6-8-14-9-7-13-5-3-11/h11H,1-9H2. The Morgan fingerprint density at radius 3 is 1.79 bits per heavy atom. The van der Waals surface area contributed by atoms with Crippen molar-refractivity contribution in [3.05, 3.63) is 0 Å². The van der Waals surface area contributed by atoms with E-state index in [1.54, 1.807) is 0 Å². The third-order valence-corrected chi connectivity index (χ3v) is 1.67. The molecule has 0 unspecified atom stereocenters. The van der Waals surface area contributed by atoms with Gasteiger partial charge in [0.15, 0.2) is 0 Å². The van der Waals surface area contributed by atoms with Gasteiger partial charge < -0.3 is 19.3 Å². The van der Waals surface area contributed by atoms with Crippen LogP contribution < -0.4 is 0 Å². The minimum atomic E-state index is 0.0571. The van der Waals surface area contributed by atoms with Gasteiger partial charge >= 0.3 is 0 Å². The summed E-state index contributed by atoms with van der Waals surface area (Å²) in [5.74, 6) is 0.635. The molecule has 5 heteroatoms. The molecule has 86 valence electrons. The van der Waals surface area contributed by atoms with Crippen molar-refractivity contribution in [1.82, 2.24) is 0 Å². The first-order valence-electron chi connectivity index (χ1n) is 4.82. The zero-order chi connectivity index (χ0) is 10.5. The van der Waals surface area contributed by atoms with Crippen molar-refractivity contribution in [3.63, 3.8) is 0 Å². The molecule has 0 heterocycles. The van der Waals surface area contributed by atoms with Gasteiger partial charge in [-0.3, -0.25) is 0 Å². The molecule has 0 amide bonds. The fraction of sp³-hybridized carbons (Fsp3) is 1.00. The normalized spacial score (nSPS) is 10.7. The van der Waals surface area contributed by atoms with Crippen molar-refractivity contribution in [3.8, 4) is 0 Å². The van der Waals surface area contributed by atoms with Crippen LogP contribution in [0.2, 0.25) is 0 Å². The molecule has 0 spiro atoms. The Balaban J connectivity index is 2.78. The van der Waals surface area contributed by atoms with Gasteiger partial charge in [0.25, 0.3) is 0 Å². The van der Waals surface area contributed by atoms with Crippen LogP contribution in [0.25, 0.3) is 0 Å². The number of aliphatic hydroxyl groups excluding tert-OH is 1. The predicted molar refractivity (Wildman–Crippen MR) is 54.9 cm³/mol. The van der Waals surface area contributed by atoms with Crippen LogP contribution in [-0.4, -0.2) is 57.2 Å². The largest absolute Gasteiger partial charge is 0.394 e. The third kappa shape index (κ3) is 12.1. The van der Waals surface area contributed by atoms with Gasteiger partial charge in [-0.15, -0.1) is 11.6 Å². The second-order valence-electron chi connectivity index (χ2n) is 2.60. The van der Waals surface area contributed by atoms with Crippen molar-refractivity contribution >= 4 is 11.6 Å². The average Bonchev–Trinajstić information content (AvgIpc) is 2.21. The zero-order valence-electron chi connectivity index (χ0n) is 8.41. The van der Waals surface area contributed by atoms with Gasteiger partial charge in [-0.1, -0.05) is 0 Å². The molecule has 4 nitrogen and oxygen atoms in total. The van der Waals surface area contributed by atoms with Gasteiger partial charge in [0, 0.05) is 12.5 Å². The van der Waals surface area contributed by atoms with E-state index in [9.17, 15) is 0 Å². The summed E-state index contributed by atoms with van der Waals surface area (Å²) in [5.41, 5.74) is 0. The molecule has 0 atom stereocenters. The monoisotopic (exact) mass is 226 g/mol. The molecule has 0 radical (unpaired) electrons. The van der Waals surface area contributed by atoms with Crippen LogP contribution in [0.5, 0.6) is 0 Å². The van der Waals surface area contributed by atoms with E-state index in [0.717, 1.165) is 6.42 Å². The molecule has 0 aromatic heterocycles. The Bertz CT molecular complexity index is 90.8. The van der Waals surface area contributed by atoms with Gasteiger partial charge in [0.1, 0.15) is 0 Å². The smallest absolute Gasteiger partial charge is 0.0701 e. The summed E-state index contributed by atoms with van der Waals surface area (Å²) in [5, 5.41) is 8.39. The second kappa shape index (κ2) is 13.1. The molecule has 0 aliphatic rings. The highest BCUT2D eigenvalue weighted by molar-refractivity contribution is 6.17. The minimum Gasteiger partial charge on any atom is -0.394 e. The van der Waals surface area contributed by atoms with Crippen LogP contribution in [0.1, 0.15) is 6.42 Å². The number of halogens is 1. The van der Waals surface area contributed by atoms with Gasteiger partial charge in [0.05, 0.1) is 39.6 Å². The lowest BCUT2D eigenvalue weighted by molar-refractivity contribution is 0.00790. The zero-order valence-corrected chi connectivity index (χ0v) is 9.17. The van der Waals surface area contributed by atoms with Crippen LogP contribution in [0, 0.1) is 0 Å². The van der Waals surface area contributed by atoms with Crippen molar-refractivity contribution in [2.45, 2.75) is 6.42 Å². The molecule has 0 rings (SSSR count). The lowest BCUT2D eigenvalue weighted by Crippen LogP contribution is -2.11. The second-order valence-corrected chi connectivity index (χ2v) is 2.98. The third-order valence-electron chi connectivity index (χ3n) is 1.40. The Hall–Kier alpha value is 0.130. The fourth-order valence-corrected chi connectivity index (χ4v) is 0.872. The SMILES string of the molecule is OCCOCCOCCOCCCCl. The van der Waals surface area contributed by atoms with E-state index in [-0.39, 0.29) is 6.61 Å².